The summed E-state index contributed by atoms with van der Waals surface area (Å²) in [5.74, 6) is -1.30. The number of phenolic OH excluding ortho intramolecular Hbond substituents is 1. The number of amides is 2. The highest BCUT2D eigenvalue weighted by Gasteiger charge is 2.22. The summed E-state index contributed by atoms with van der Waals surface area (Å²) < 4.78 is 38.5. The minimum atomic E-state index is -1.02. The van der Waals surface area contributed by atoms with Crippen molar-refractivity contribution < 1.29 is 28.2 Å². The molecule has 0 aliphatic heterocycles. The van der Waals surface area contributed by atoms with Crippen LogP contribution in [0, 0.1) is 11.6 Å². The third-order valence-corrected chi connectivity index (χ3v) is 4.95. The lowest BCUT2D eigenvalue weighted by Gasteiger charge is -2.22. The average Bonchev–Trinajstić information content (AvgIpc) is 2.76. The number of carbonyl (C=O) groups is 1. The maximum Gasteiger partial charge on any atom is 0.324 e. The third-order valence-electron chi connectivity index (χ3n) is 4.64. The van der Waals surface area contributed by atoms with Gasteiger partial charge in [0.25, 0.3) is 0 Å². The first-order valence-electron chi connectivity index (χ1n) is 9.32. The zero-order chi connectivity index (χ0) is 23.7. The molecule has 8 nitrogen and oxygen atoms in total. The molecule has 3 N–H and O–H groups in total. The van der Waals surface area contributed by atoms with Crippen molar-refractivity contribution in [1.29, 1.82) is 0 Å². The van der Waals surface area contributed by atoms with Gasteiger partial charge in [-0.2, -0.15) is 0 Å². The number of nitrogens with zero attached hydrogens (tertiary/aromatic N) is 3. The van der Waals surface area contributed by atoms with E-state index in [1.807, 2.05) is 0 Å². The van der Waals surface area contributed by atoms with Crippen LogP contribution in [0.15, 0.2) is 54.9 Å². The number of hydrogen-bond acceptors (Lipinski definition) is 6. The Hall–Kier alpha value is -4.18. The molecule has 11 heteroatoms. The van der Waals surface area contributed by atoms with Gasteiger partial charge in [0, 0.05) is 18.2 Å². The Morgan fingerprint density at radius 3 is 2.52 bits per heavy atom. The maximum atomic E-state index is 14.3. The Morgan fingerprint density at radius 2 is 1.85 bits per heavy atom. The first kappa shape index (κ1) is 22.0. The van der Waals surface area contributed by atoms with Gasteiger partial charge in [-0.05, 0) is 30.3 Å². The van der Waals surface area contributed by atoms with Crippen LogP contribution in [0.5, 0.6) is 23.1 Å². The van der Waals surface area contributed by atoms with Gasteiger partial charge in [0.2, 0.25) is 5.88 Å². The molecule has 2 amide bonds. The Balaban J connectivity index is 1.71. The maximum absolute atomic E-state index is 14.3. The summed E-state index contributed by atoms with van der Waals surface area (Å²) in [6.07, 6.45) is 1.26. The molecule has 0 unspecified atom stereocenters. The topological polar surface area (TPSA) is 111 Å². The summed E-state index contributed by atoms with van der Waals surface area (Å²) in [5.41, 5.74) is 5.62. The summed E-state index contributed by atoms with van der Waals surface area (Å²) in [7, 11) is 1.40. The smallest absolute Gasteiger partial charge is 0.324 e. The molecule has 0 radical (unpaired) electrons. The van der Waals surface area contributed by atoms with Gasteiger partial charge in [-0.15, -0.1) is 0 Å². The minimum Gasteiger partial charge on any atom is -0.504 e. The van der Waals surface area contributed by atoms with Crippen molar-refractivity contribution in [3.05, 3.63) is 71.5 Å². The van der Waals surface area contributed by atoms with E-state index in [0.717, 1.165) is 17.0 Å². The van der Waals surface area contributed by atoms with Crippen LogP contribution in [0.4, 0.5) is 25.0 Å². The van der Waals surface area contributed by atoms with E-state index in [2.05, 4.69) is 9.97 Å². The van der Waals surface area contributed by atoms with E-state index in [9.17, 15) is 18.7 Å². The van der Waals surface area contributed by atoms with Crippen LogP contribution in [0.2, 0.25) is 5.02 Å². The predicted octanol–water partition coefficient (Wildman–Crippen LogP) is 5.28. The van der Waals surface area contributed by atoms with Gasteiger partial charge in [-0.1, -0.05) is 11.6 Å². The molecule has 3 aromatic carbocycles. The van der Waals surface area contributed by atoms with Gasteiger partial charge >= 0.3 is 6.03 Å². The number of hydrogen-bond donors (Lipinski definition) is 2. The number of aromatic nitrogens is 2. The highest BCUT2D eigenvalue weighted by Crippen LogP contribution is 2.38. The summed E-state index contributed by atoms with van der Waals surface area (Å²) >= 11 is 6.34. The first-order chi connectivity index (χ1) is 15.8. The number of fused-ring (bicyclic) bond motifs is 1. The Bertz CT molecular complexity index is 1390. The Labute approximate surface area is 190 Å². The second-order valence-corrected chi connectivity index (χ2v) is 7.11. The molecule has 0 spiro atoms. The first-order valence-corrected chi connectivity index (χ1v) is 9.70. The highest BCUT2D eigenvalue weighted by molar-refractivity contribution is 6.34. The number of urea groups is 1. The SMILES string of the molecule is COc1cc2c(Oc3ccc(N(C(N)=O)c4ccc(F)cc4F)c(Cl)c3)ncnc2cc1O. The predicted molar refractivity (Wildman–Crippen MR) is 117 cm³/mol. The number of carbonyl (C=O) groups excluding carboxylic acids is 1. The lowest BCUT2D eigenvalue weighted by Crippen LogP contribution is -2.32. The second kappa shape index (κ2) is 8.75. The van der Waals surface area contributed by atoms with Crippen LogP contribution in [0.3, 0.4) is 0 Å². The normalized spacial score (nSPS) is 10.8. The molecule has 4 rings (SSSR count). The van der Waals surface area contributed by atoms with Crippen LogP contribution < -0.4 is 20.1 Å². The van der Waals surface area contributed by atoms with Gasteiger partial charge < -0.3 is 20.3 Å². The molecule has 1 heterocycles. The second-order valence-electron chi connectivity index (χ2n) is 6.70. The lowest BCUT2D eigenvalue weighted by molar-refractivity contribution is 0.256. The molecule has 0 bridgehead atoms. The molecule has 0 fully saturated rings. The lowest BCUT2D eigenvalue weighted by atomic mass is 10.2. The molecular formula is C22H15ClF2N4O4. The number of aromatic hydroxyl groups is 1. The highest BCUT2D eigenvalue weighted by atomic mass is 35.5. The summed E-state index contributed by atoms with van der Waals surface area (Å²) in [6.45, 7) is 0. The number of primary amides is 1. The fourth-order valence-corrected chi connectivity index (χ4v) is 3.42. The van der Waals surface area contributed by atoms with Crippen molar-refractivity contribution in [3.8, 4) is 23.1 Å². The van der Waals surface area contributed by atoms with Crippen molar-refractivity contribution in [3.63, 3.8) is 0 Å². The van der Waals surface area contributed by atoms with Crippen LogP contribution in [-0.4, -0.2) is 28.2 Å². The van der Waals surface area contributed by atoms with E-state index in [-0.39, 0.29) is 39.5 Å². The van der Waals surface area contributed by atoms with Gasteiger partial charge in [-0.3, -0.25) is 4.90 Å². The minimum absolute atomic E-state index is 0.00334. The largest absolute Gasteiger partial charge is 0.504 e. The molecule has 1 aromatic heterocycles. The van der Waals surface area contributed by atoms with Gasteiger partial charge in [0.05, 0.1) is 34.4 Å². The van der Waals surface area contributed by atoms with E-state index in [1.54, 1.807) is 0 Å². The molecular weight excluding hydrogens is 458 g/mol. The molecule has 33 heavy (non-hydrogen) atoms. The van der Waals surface area contributed by atoms with Crippen LogP contribution in [0.25, 0.3) is 10.9 Å². The van der Waals surface area contributed by atoms with E-state index in [0.29, 0.717) is 17.0 Å². The van der Waals surface area contributed by atoms with Crippen LogP contribution in [0.1, 0.15) is 0 Å². The Morgan fingerprint density at radius 1 is 1.09 bits per heavy atom. The van der Waals surface area contributed by atoms with Crippen molar-refractivity contribution in [2.45, 2.75) is 0 Å². The monoisotopic (exact) mass is 472 g/mol. The summed E-state index contributed by atoms with van der Waals surface area (Å²) in [6, 6.07) is 8.82. The molecule has 4 aromatic rings. The molecule has 0 aliphatic rings. The number of methoxy groups -OCH3 is 1. The molecule has 168 valence electrons. The van der Waals surface area contributed by atoms with Gasteiger partial charge in [0.1, 0.15) is 23.7 Å². The van der Waals surface area contributed by atoms with Gasteiger partial charge in [-0.25, -0.2) is 23.5 Å². The number of halogens is 3. The number of benzene rings is 3. The third kappa shape index (κ3) is 4.28. The number of phenols is 1. The molecule has 0 aliphatic carbocycles. The van der Waals surface area contributed by atoms with Crippen molar-refractivity contribution in [2.75, 3.05) is 12.0 Å². The van der Waals surface area contributed by atoms with E-state index in [4.69, 9.17) is 26.8 Å². The van der Waals surface area contributed by atoms with E-state index < -0.39 is 17.7 Å². The quantitative estimate of drug-likeness (QED) is 0.408. The number of nitrogens with two attached hydrogens (primary N) is 1. The fraction of sp³-hybridized carbons (Fsp3) is 0.0455. The fourth-order valence-electron chi connectivity index (χ4n) is 3.17. The zero-order valence-electron chi connectivity index (χ0n) is 16.9. The number of anilines is 2. The summed E-state index contributed by atoms with van der Waals surface area (Å²) in [4.78, 5) is 21.1. The van der Waals surface area contributed by atoms with E-state index >= 15 is 0 Å². The van der Waals surface area contributed by atoms with E-state index in [1.165, 1.54) is 43.8 Å². The van der Waals surface area contributed by atoms with Gasteiger partial charge in [0.15, 0.2) is 11.5 Å². The van der Waals surface area contributed by atoms with Crippen molar-refractivity contribution in [2.24, 2.45) is 5.73 Å². The molecule has 0 saturated carbocycles. The molecule has 0 atom stereocenters. The standard InChI is InChI=1S/C22H15ClF2N4O4/c1-32-20-8-13-16(9-19(20)30)27-10-28-21(13)33-12-3-5-17(14(23)7-12)29(22(26)31)18-4-2-11(24)6-15(18)25/h2-10,30H,1H3,(H2,26,31). The average molecular weight is 473 g/mol. The number of ether oxygens (including phenoxy) is 2. The zero-order valence-corrected chi connectivity index (χ0v) is 17.7. The van der Waals surface area contributed by atoms with Crippen molar-refractivity contribution >= 4 is 39.9 Å². The van der Waals surface area contributed by atoms with Crippen LogP contribution in [-0.2, 0) is 0 Å². The Kier molecular flexibility index (Phi) is 5.84. The van der Waals surface area contributed by atoms with Crippen molar-refractivity contribution in [1.82, 2.24) is 9.97 Å². The summed E-state index contributed by atoms with van der Waals surface area (Å²) in [5, 5.41) is 10.4. The van der Waals surface area contributed by atoms with Crippen LogP contribution >= 0.6 is 11.6 Å². The number of rotatable bonds is 5. The molecule has 0 saturated heterocycles.